The van der Waals surface area contributed by atoms with Gasteiger partial charge in [0.25, 0.3) is 0 Å². The molecule has 0 fully saturated rings. The SMILES string of the molecule is FC(F)(F)Sc1cccc(C(F)(F)F)c1. The normalized spacial score (nSPS) is 12.9. The Hall–Kier alpha value is -0.850. The molecule has 84 valence electrons. The van der Waals surface area contributed by atoms with Crippen molar-refractivity contribution in [3.05, 3.63) is 29.8 Å². The molecule has 0 spiro atoms. The Bertz CT molecular complexity index is 340. The van der Waals surface area contributed by atoms with Crippen LogP contribution in [0.2, 0.25) is 0 Å². The number of hydrogen-bond acceptors (Lipinski definition) is 1. The van der Waals surface area contributed by atoms with Crippen molar-refractivity contribution in [3.63, 3.8) is 0 Å². The molecule has 15 heavy (non-hydrogen) atoms. The molecular weight excluding hydrogens is 242 g/mol. The van der Waals surface area contributed by atoms with Crippen LogP contribution in [0.5, 0.6) is 0 Å². The summed E-state index contributed by atoms with van der Waals surface area (Å²) in [5, 5.41) is 0. The number of thioether (sulfide) groups is 1. The van der Waals surface area contributed by atoms with E-state index in [-0.39, 0.29) is 0 Å². The van der Waals surface area contributed by atoms with Crippen LogP contribution in [0.3, 0.4) is 0 Å². The van der Waals surface area contributed by atoms with E-state index >= 15 is 0 Å². The van der Waals surface area contributed by atoms with Gasteiger partial charge in [0.2, 0.25) is 0 Å². The predicted octanol–water partition coefficient (Wildman–Crippen LogP) is 4.32. The van der Waals surface area contributed by atoms with Crippen LogP contribution in [0.1, 0.15) is 5.56 Å². The first-order valence-corrected chi connectivity index (χ1v) is 4.43. The molecule has 0 aliphatic carbocycles. The van der Waals surface area contributed by atoms with Gasteiger partial charge in [-0.1, -0.05) is 6.07 Å². The second kappa shape index (κ2) is 3.96. The van der Waals surface area contributed by atoms with E-state index in [0.29, 0.717) is 6.07 Å². The predicted molar refractivity (Wildman–Crippen MR) is 43.4 cm³/mol. The Morgan fingerprint density at radius 1 is 0.933 bits per heavy atom. The minimum atomic E-state index is -4.62. The fourth-order valence-electron chi connectivity index (χ4n) is 0.870. The summed E-state index contributed by atoms with van der Waals surface area (Å²) >= 11 is -0.569. The fraction of sp³-hybridized carbons (Fsp3) is 0.250. The van der Waals surface area contributed by atoms with Crippen molar-refractivity contribution < 1.29 is 26.3 Å². The number of benzene rings is 1. The van der Waals surface area contributed by atoms with Gasteiger partial charge in [-0.3, -0.25) is 0 Å². The van der Waals surface area contributed by atoms with E-state index in [1.807, 2.05) is 0 Å². The maximum absolute atomic E-state index is 12.1. The molecule has 0 aliphatic rings. The minimum Gasteiger partial charge on any atom is -0.166 e. The highest BCUT2D eigenvalue weighted by Gasteiger charge is 2.33. The molecule has 0 atom stereocenters. The molecule has 0 unspecified atom stereocenters. The van der Waals surface area contributed by atoms with Crippen molar-refractivity contribution in [2.75, 3.05) is 0 Å². The molecule has 1 aromatic carbocycles. The van der Waals surface area contributed by atoms with E-state index < -0.39 is 33.9 Å². The summed E-state index contributed by atoms with van der Waals surface area (Å²) in [6.07, 6.45) is -4.62. The van der Waals surface area contributed by atoms with Gasteiger partial charge in [-0.05, 0) is 30.0 Å². The molecule has 0 N–H and O–H groups in total. The molecule has 0 saturated carbocycles. The topological polar surface area (TPSA) is 0 Å². The Kier molecular flexibility index (Phi) is 3.22. The third kappa shape index (κ3) is 4.03. The van der Waals surface area contributed by atoms with Crippen molar-refractivity contribution in [2.24, 2.45) is 0 Å². The first kappa shape index (κ1) is 12.2. The highest BCUT2D eigenvalue weighted by atomic mass is 32.2. The van der Waals surface area contributed by atoms with E-state index in [2.05, 4.69) is 0 Å². The molecule has 1 rings (SSSR count). The summed E-state index contributed by atoms with van der Waals surface area (Å²) in [6, 6.07) is 3.11. The molecule has 0 radical (unpaired) electrons. The monoisotopic (exact) mass is 246 g/mol. The second-order valence-corrected chi connectivity index (χ2v) is 3.71. The van der Waals surface area contributed by atoms with Crippen LogP contribution in [0.15, 0.2) is 29.2 Å². The van der Waals surface area contributed by atoms with Gasteiger partial charge in [0.05, 0.1) is 5.56 Å². The van der Waals surface area contributed by atoms with Gasteiger partial charge in [0.1, 0.15) is 0 Å². The Balaban J connectivity index is 2.94. The number of halogens is 6. The first-order chi connectivity index (χ1) is 6.68. The van der Waals surface area contributed by atoms with Gasteiger partial charge < -0.3 is 0 Å². The standard InChI is InChI=1S/C8H4F6S/c9-7(10,11)5-2-1-3-6(4-5)15-8(12,13)14/h1-4H. The van der Waals surface area contributed by atoms with E-state index in [0.717, 1.165) is 18.2 Å². The number of alkyl halides is 6. The van der Waals surface area contributed by atoms with Crippen molar-refractivity contribution in [1.29, 1.82) is 0 Å². The Morgan fingerprint density at radius 2 is 1.53 bits per heavy atom. The van der Waals surface area contributed by atoms with Gasteiger partial charge in [0.15, 0.2) is 0 Å². The summed E-state index contributed by atoms with van der Waals surface area (Å²) in [7, 11) is 0. The molecule has 0 amide bonds. The minimum absolute atomic E-state index is 0.470. The smallest absolute Gasteiger partial charge is 0.166 e. The second-order valence-electron chi connectivity index (χ2n) is 2.57. The van der Waals surface area contributed by atoms with Crippen molar-refractivity contribution in [2.45, 2.75) is 16.6 Å². The lowest BCUT2D eigenvalue weighted by Crippen LogP contribution is -2.05. The van der Waals surface area contributed by atoms with Gasteiger partial charge >= 0.3 is 11.7 Å². The molecule has 0 nitrogen and oxygen atoms in total. The third-order valence-corrected chi connectivity index (χ3v) is 2.12. The molecule has 7 heteroatoms. The van der Waals surface area contributed by atoms with Gasteiger partial charge in [-0.15, -0.1) is 0 Å². The van der Waals surface area contributed by atoms with Gasteiger partial charge in [-0.2, -0.15) is 26.3 Å². The van der Waals surface area contributed by atoms with E-state index in [4.69, 9.17) is 0 Å². The zero-order valence-electron chi connectivity index (χ0n) is 6.99. The summed E-state index contributed by atoms with van der Waals surface area (Å²) in [5.74, 6) is 0. The van der Waals surface area contributed by atoms with Gasteiger partial charge in [-0.25, -0.2) is 0 Å². The number of rotatable bonds is 1. The fourth-order valence-corrected chi connectivity index (χ4v) is 1.47. The Morgan fingerprint density at radius 3 is 2.00 bits per heavy atom. The highest BCUT2D eigenvalue weighted by Crippen LogP contribution is 2.39. The molecule has 0 aromatic heterocycles. The van der Waals surface area contributed by atoms with Crippen LogP contribution >= 0.6 is 11.8 Å². The van der Waals surface area contributed by atoms with E-state index in [9.17, 15) is 26.3 Å². The van der Waals surface area contributed by atoms with Crippen LogP contribution in [-0.2, 0) is 6.18 Å². The van der Waals surface area contributed by atoms with Crippen LogP contribution in [-0.4, -0.2) is 5.51 Å². The van der Waals surface area contributed by atoms with Crippen LogP contribution in [0.4, 0.5) is 26.3 Å². The van der Waals surface area contributed by atoms with Crippen LogP contribution in [0.25, 0.3) is 0 Å². The highest BCUT2D eigenvalue weighted by molar-refractivity contribution is 8.00. The van der Waals surface area contributed by atoms with Crippen molar-refractivity contribution >= 4 is 11.8 Å². The first-order valence-electron chi connectivity index (χ1n) is 3.61. The summed E-state index contributed by atoms with van der Waals surface area (Å²) < 4.78 is 71.9. The lowest BCUT2D eigenvalue weighted by Gasteiger charge is -2.09. The van der Waals surface area contributed by atoms with Crippen molar-refractivity contribution in [1.82, 2.24) is 0 Å². The largest absolute Gasteiger partial charge is 0.446 e. The molecule has 0 bridgehead atoms. The average molecular weight is 246 g/mol. The third-order valence-electron chi connectivity index (χ3n) is 1.39. The molecule has 0 saturated heterocycles. The van der Waals surface area contributed by atoms with Crippen LogP contribution in [0, 0.1) is 0 Å². The molecule has 0 aliphatic heterocycles. The van der Waals surface area contributed by atoms with Crippen molar-refractivity contribution in [3.8, 4) is 0 Å². The van der Waals surface area contributed by atoms with Crippen LogP contribution < -0.4 is 0 Å². The Labute approximate surface area is 85.3 Å². The number of hydrogen-bond donors (Lipinski definition) is 0. The summed E-state index contributed by atoms with van der Waals surface area (Å²) in [6.45, 7) is 0. The van der Waals surface area contributed by atoms with E-state index in [1.54, 1.807) is 0 Å². The summed E-state index contributed by atoms with van der Waals surface area (Å²) in [5.41, 5.74) is -5.67. The summed E-state index contributed by atoms with van der Waals surface area (Å²) in [4.78, 5) is -0.475. The lowest BCUT2D eigenvalue weighted by molar-refractivity contribution is -0.137. The molecule has 1 aromatic rings. The lowest BCUT2D eigenvalue weighted by atomic mass is 10.2. The molecular formula is C8H4F6S. The average Bonchev–Trinajstić information content (AvgIpc) is 1.99. The molecule has 0 heterocycles. The van der Waals surface area contributed by atoms with E-state index in [1.165, 1.54) is 0 Å². The maximum Gasteiger partial charge on any atom is 0.446 e. The maximum atomic E-state index is 12.1. The zero-order valence-corrected chi connectivity index (χ0v) is 7.80. The quantitative estimate of drug-likeness (QED) is 0.525. The zero-order chi connectivity index (χ0) is 11.7. The van der Waals surface area contributed by atoms with Gasteiger partial charge in [0, 0.05) is 4.90 Å².